The van der Waals surface area contributed by atoms with E-state index in [2.05, 4.69) is 15.1 Å². The first-order valence-corrected chi connectivity index (χ1v) is 8.68. The second-order valence-electron chi connectivity index (χ2n) is 6.71. The topological polar surface area (TPSA) is 98.8 Å². The van der Waals surface area contributed by atoms with E-state index in [1.807, 2.05) is 30.1 Å². The fraction of sp³-hybridized carbons (Fsp3) is 0.500. The molecular weight excluding hydrogens is 336 g/mol. The number of aromatic amines is 1. The Hall–Kier alpha value is -2.61. The summed E-state index contributed by atoms with van der Waals surface area (Å²) in [6.45, 7) is 3.08. The minimum absolute atomic E-state index is 0.0109. The molecule has 1 amide bonds. The number of likely N-dealkylation sites (N-methyl/N-ethyl adjacent to an activating group) is 1. The summed E-state index contributed by atoms with van der Waals surface area (Å²) in [5, 5.41) is 14.9. The molecule has 1 aromatic carbocycles. The quantitative estimate of drug-likeness (QED) is 0.804. The van der Waals surface area contributed by atoms with Crippen LogP contribution in [0, 0.1) is 5.92 Å². The largest absolute Gasteiger partial charge is 0.497 e. The Morgan fingerprint density at radius 1 is 1.42 bits per heavy atom. The lowest BCUT2D eigenvalue weighted by Crippen LogP contribution is -2.57. The van der Waals surface area contributed by atoms with Crippen molar-refractivity contribution in [3.05, 3.63) is 23.9 Å². The predicted octanol–water partition coefficient (Wildman–Crippen LogP) is 1.44. The van der Waals surface area contributed by atoms with E-state index in [1.54, 1.807) is 7.11 Å². The van der Waals surface area contributed by atoms with Crippen molar-refractivity contribution < 1.29 is 19.4 Å². The van der Waals surface area contributed by atoms with E-state index >= 15 is 0 Å². The molecule has 2 aromatic rings. The van der Waals surface area contributed by atoms with Crippen molar-refractivity contribution in [2.75, 3.05) is 33.8 Å². The van der Waals surface area contributed by atoms with E-state index in [0.29, 0.717) is 17.7 Å². The van der Waals surface area contributed by atoms with Crippen molar-refractivity contribution in [1.82, 2.24) is 20.0 Å². The summed E-state index contributed by atoms with van der Waals surface area (Å²) in [5.74, 6) is 1.34. The molecule has 2 N–H and O–H groups in total. The molecule has 26 heavy (non-hydrogen) atoms. The summed E-state index contributed by atoms with van der Waals surface area (Å²) in [6.07, 6.45) is 2.38. The molecule has 140 valence electrons. The van der Waals surface area contributed by atoms with Gasteiger partial charge < -0.3 is 19.6 Å². The Morgan fingerprint density at radius 3 is 2.69 bits per heavy atom. The minimum Gasteiger partial charge on any atom is -0.497 e. The van der Waals surface area contributed by atoms with Gasteiger partial charge >= 0.3 is 0 Å². The molecule has 3 saturated heterocycles. The van der Waals surface area contributed by atoms with Crippen LogP contribution in [0.1, 0.15) is 23.3 Å². The number of hydrogen-bond donors (Lipinski definition) is 2. The molecule has 0 radical (unpaired) electrons. The first-order chi connectivity index (χ1) is 12.6. The maximum absolute atomic E-state index is 13.0. The Labute approximate surface area is 151 Å². The van der Waals surface area contributed by atoms with Gasteiger partial charge in [-0.25, -0.2) is 0 Å². The van der Waals surface area contributed by atoms with Gasteiger partial charge in [0.1, 0.15) is 5.75 Å². The number of carboxylic acid groups (broad SMARTS) is 1. The fourth-order valence-corrected chi connectivity index (χ4v) is 3.97. The summed E-state index contributed by atoms with van der Waals surface area (Å²) in [4.78, 5) is 25.7. The second kappa shape index (κ2) is 7.74. The zero-order chi connectivity index (χ0) is 18.7. The van der Waals surface area contributed by atoms with Crippen LogP contribution in [0.4, 0.5) is 0 Å². The SMILES string of the molecule is COc1ccc2[nH]nc(C(=O)N(C)[C@H]3CN4CCC3CC4)c2c1.O=CO. The van der Waals surface area contributed by atoms with Crippen LogP contribution in [0.5, 0.6) is 5.75 Å². The number of fused-ring (bicyclic) bond motifs is 4. The standard InChI is InChI=1S/C17H22N4O2.CH2O2/c1-20(15-10-21-7-5-11(15)6-8-21)17(22)16-13-9-12(23-2)3-4-14(13)18-19-16;2-1-3/h3-4,9,11,15H,5-8,10H2,1-2H3,(H,18,19);1H,(H,2,3)/t15-;/m0./s1. The highest BCUT2D eigenvalue weighted by Gasteiger charge is 2.38. The van der Waals surface area contributed by atoms with Gasteiger partial charge in [0.2, 0.25) is 0 Å². The number of rotatable bonds is 3. The number of benzene rings is 1. The lowest BCUT2D eigenvalue weighted by molar-refractivity contribution is -0.122. The molecule has 8 nitrogen and oxygen atoms in total. The van der Waals surface area contributed by atoms with Crippen molar-refractivity contribution in [1.29, 1.82) is 0 Å². The molecule has 0 unspecified atom stereocenters. The first-order valence-electron chi connectivity index (χ1n) is 8.68. The third-order valence-corrected chi connectivity index (χ3v) is 5.41. The number of carbonyl (C=O) groups excluding carboxylic acids is 1. The number of methoxy groups -OCH3 is 1. The highest BCUT2D eigenvalue weighted by atomic mass is 16.5. The molecule has 0 spiro atoms. The molecule has 5 rings (SSSR count). The highest BCUT2D eigenvalue weighted by Crippen LogP contribution is 2.31. The Kier molecular flexibility index (Phi) is 5.41. The highest BCUT2D eigenvalue weighted by molar-refractivity contribution is 6.05. The number of carbonyl (C=O) groups is 2. The number of amides is 1. The zero-order valence-corrected chi connectivity index (χ0v) is 15.0. The van der Waals surface area contributed by atoms with Gasteiger partial charge in [0.15, 0.2) is 5.69 Å². The van der Waals surface area contributed by atoms with Crippen molar-refractivity contribution in [2.24, 2.45) is 5.92 Å². The molecule has 0 saturated carbocycles. The molecule has 2 bridgehead atoms. The Morgan fingerprint density at radius 2 is 2.12 bits per heavy atom. The van der Waals surface area contributed by atoms with Crippen LogP contribution >= 0.6 is 0 Å². The van der Waals surface area contributed by atoms with Crippen LogP contribution in [-0.4, -0.2) is 77.3 Å². The van der Waals surface area contributed by atoms with Crippen LogP contribution in [0.15, 0.2) is 18.2 Å². The first kappa shape index (κ1) is 18.2. The number of aromatic nitrogens is 2. The number of H-pyrrole nitrogens is 1. The third-order valence-electron chi connectivity index (χ3n) is 5.41. The van der Waals surface area contributed by atoms with Gasteiger partial charge in [0, 0.05) is 25.0 Å². The summed E-state index contributed by atoms with van der Waals surface area (Å²) in [6, 6.07) is 5.93. The van der Waals surface area contributed by atoms with Crippen molar-refractivity contribution in [3.63, 3.8) is 0 Å². The van der Waals surface area contributed by atoms with E-state index in [9.17, 15) is 4.79 Å². The van der Waals surface area contributed by atoms with Crippen molar-refractivity contribution in [2.45, 2.75) is 18.9 Å². The van der Waals surface area contributed by atoms with E-state index < -0.39 is 0 Å². The molecular formula is C18H24N4O4. The van der Waals surface area contributed by atoms with Crippen molar-refractivity contribution in [3.8, 4) is 5.75 Å². The van der Waals surface area contributed by atoms with Gasteiger partial charge in [-0.3, -0.25) is 14.7 Å². The summed E-state index contributed by atoms with van der Waals surface area (Å²) in [7, 11) is 3.54. The number of nitrogens with one attached hydrogen (secondary N) is 1. The summed E-state index contributed by atoms with van der Waals surface area (Å²) < 4.78 is 5.27. The van der Waals surface area contributed by atoms with Crippen LogP contribution in [0.25, 0.3) is 10.9 Å². The van der Waals surface area contributed by atoms with Gasteiger partial charge in [-0.15, -0.1) is 0 Å². The van der Waals surface area contributed by atoms with E-state index in [1.165, 1.54) is 25.9 Å². The smallest absolute Gasteiger partial charge is 0.290 e. The van der Waals surface area contributed by atoms with Gasteiger partial charge in [0.05, 0.1) is 12.6 Å². The van der Waals surface area contributed by atoms with Crippen LogP contribution in [0.2, 0.25) is 0 Å². The maximum Gasteiger partial charge on any atom is 0.290 e. The molecule has 8 heteroatoms. The van der Waals surface area contributed by atoms with Gasteiger partial charge in [-0.05, 0) is 50.0 Å². The Bertz CT molecular complexity index is 783. The molecule has 0 aliphatic carbocycles. The normalized spacial score (nSPS) is 23.8. The minimum atomic E-state index is -0.250. The van der Waals surface area contributed by atoms with Crippen LogP contribution in [0.3, 0.4) is 0 Å². The molecule has 3 aliphatic heterocycles. The van der Waals surface area contributed by atoms with Gasteiger partial charge in [-0.2, -0.15) is 5.10 Å². The van der Waals surface area contributed by atoms with Gasteiger partial charge in [0.25, 0.3) is 12.4 Å². The average molecular weight is 360 g/mol. The van der Waals surface area contributed by atoms with Gasteiger partial charge in [-0.1, -0.05) is 0 Å². The molecule has 3 aliphatic rings. The van der Waals surface area contributed by atoms with Crippen LogP contribution < -0.4 is 4.74 Å². The van der Waals surface area contributed by atoms with E-state index in [0.717, 1.165) is 23.2 Å². The fourth-order valence-electron chi connectivity index (χ4n) is 3.97. The average Bonchev–Trinajstić information content (AvgIpc) is 3.11. The summed E-state index contributed by atoms with van der Waals surface area (Å²) in [5.41, 5.74) is 1.34. The number of piperidine rings is 3. The van der Waals surface area contributed by atoms with Crippen LogP contribution in [-0.2, 0) is 4.79 Å². The third kappa shape index (κ3) is 3.37. The molecule has 1 aromatic heterocycles. The predicted molar refractivity (Wildman–Crippen MR) is 96.4 cm³/mol. The summed E-state index contributed by atoms with van der Waals surface area (Å²) >= 11 is 0. The maximum atomic E-state index is 13.0. The lowest BCUT2D eigenvalue weighted by atomic mass is 9.83. The molecule has 4 heterocycles. The monoisotopic (exact) mass is 360 g/mol. The zero-order valence-electron chi connectivity index (χ0n) is 15.0. The number of ether oxygens (including phenoxy) is 1. The number of hydrogen-bond acceptors (Lipinski definition) is 5. The van der Waals surface area contributed by atoms with Crippen molar-refractivity contribution >= 4 is 23.3 Å². The number of nitrogens with zero attached hydrogens (tertiary/aromatic N) is 3. The molecule has 3 fully saturated rings. The van der Waals surface area contributed by atoms with E-state index in [4.69, 9.17) is 14.6 Å². The second-order valence-corrected chi connectivity index (χ2v) is 6.71. The Balaban J connectivity index is 0.000000613. The van der Waals surface area contributed by atoms with E-state index in [-0.39, 0.29) is 12.4 Å². The molecule has 1 atom stereocenters. The lowest BCUT2D eigenvalue weighted by Gasteiger charge is -2.47.